The highest BCUT2D eigenvalue weighted by molar-refractivity contribution is 7.89. The van der Waals surface area contributed by atoms with Gasteiger partial charge in [0.25, 0.3) is 0 Å². The number of halogens is 2. The number of carbonyl (C=O) groups excluding carboxylic acids is 1. The van der Waals surface area contributed by atoms with E-state index in [9.17, 15) is 17.6 Å². The van der Waals surface area contributed by atoms with Crippen molar-refractivity contribution in [2.75, 3.05) is 25.5 Å². The van der Waals surface area contributed by atoms with Crippen LogP contribution < -0.4 is 14.8 Å². The number of nitrogens with zero attached hydrogens (tertiary/aromatic N) is 1. The topological polar surface area (TPSA) is 84.9 Å². The monoisotopic (exact) mass is 492 g/mol. The highest BCUT2D eigenvalue weighted by Crippen LogP contribution is 2.32. The molecule has 3 aromatic rings. The van der Waals surface area contributed by atoms with Gasteiger partial charge in [0.2, 0.25) is 15.9 Å². The molecular weight excluding hydrogens is 471 g/mol. The number of benzene rings is 3. The van der Waals surface area contributed by atoms with Crippen LogP contribution in [0.1, 0.15) is 6.92 Å². The average Bonchev–Trinajstić information content (AvgIpc) is 2.79. The zero-order valence-electron chi connectivity index (χ0n) is 17.9. The second-order valence-corrected chi connectivity index (χ2v) is 9.17. The molecular formula is C23H22ClFN2O5S. The van der Waals surface area contributed by atoms with Crippen LogP contribution in [0.25, 0.3) is 0 Å². The fourth-order valence-corrected chi connectivity index (χ4v) is 4.76. The first-order valence-electron chi connectivity index (χ1n) is 9.90. The molecule has 3 rings (SSSR count). The molecule has 0 aromatic heterocycles. The van der Waals surface area contributed by atoms with Crippen LogP contribution in [-0.4, -0.2) is 38.8 Å². The predicted molar refractivity (Wildman–Crippen MR) is 124 cm³/mol. The molecule has 0 heterocycles. The first-order valence-corrected chi connectivity index (χ1v) is 11.7. The third-order valence-electron chi connectivity index (χ3n) is 4.60. The number of hydrogen-bond donors (Lipinski definition) is 1. The molecule has 7 nitrogen and oxygen atoms in total. The quantitative estimate of drug-likeness (QED) is 0.458. The van der Waals surface area contributed by atoms with Gasteiger partial charge in [-0.05, 0) is 48.5 Å². The van der Waals surface area contributed by atoms with Crippen LogP contribution in [0.5, 0.6) is 17.2 Å². The molecule has 0 saturated carbocycles. The number of methoxy groups -OCH3 is 1. The number of likely N-dealkylation sites (N-methyl/N-ethyl adjacent to an activating group) is 1. The van der Waals surface area contributed by atoms with E-state index in [2.05, 4.69) is 5.32 Å². The lowest BCUT2D eigenvalue weighted by Crippen LogP contribution is -2.38. The Morgan fingerprint density at radius 3 is 2.42 bits per heavy atom. The van der Waals surface area contributed by atoms with Crippen LogP contribution in [-0.2, 0) is 14.8 Å². The number of carbonyl (C=O) groups is 1. The van der Waals surface area contributed by atoms with Gasteiger partial charge in [0.05, 0.1) is 19.3 Å². The molecule has 174 valence electrons. The van der Waals surface area contributed by atoms with E-state index < -0.39 is 28.3 Å². The average molecular weight is 493 g/mol. The maximum Gasteiger partial charge on any atom is 0.247 e. The van der Waals surface area contributed by atoms with Gasteiger partial charge in [-0.3, -0.25) is 4.79 Å². The van der Waals surface area contributed by atoms with Crippen molar-refractivity contribution in [1.29, 1.82) is 0 Å². The predicted octanol–water partition coefficient (Wildman–Crippen LogP) is 4.93. The molecule has 10 heteroatoms. The Morgan fingerprint density at radius 2 is 1.76 bits per heavy atom. The van der Waals surface area contributed by atoms with E-state index in [1.165, 1.54) is 19.2 Å². The van der Waals surface area contributed by atoms with Crippen molar-refractivity contribution in [3.8, 4) is 17.2 Å². The summed E-state index contributed by atoms with van der Waals surface area (Å²) in [6.07, 6.45) is 0. The van der Waals surface area contributed by atoms with E-state index >= 15 is 0 Å². The lowest BCUT2D eigenvalue weighted by atomic mass is 10.2. The van der Waals surface area contributed by atoms with Crippen molar-refractivity contribution in [2.45, 2.75) is 11.8 Å². The fraction of sp³-hybridized carbons (Fsp3) is 0.174. The van der Waals surface area contributed by atoms with Gasteiger partial charge in [0.15, 0.2) is 5.75 Å². The van der Waals surface area contributed by atoms with Crippen molar-refractivity contribution >= 4 is 33.2 Å². The molecule has 0 fully saturated rings. The van der Waals surface area contributed by atoms with E-state index in [0.29, 0.717) is 16.5 Å². The highest BCUT2D eigenvalue weighted by Gasteiger charge is 2.29. The molecule has 0 bridgehead atoms. The molecule has 33 heavy (non-hydrogen) atoms. The van der Waals surface area contributed by atoms with Gasteiger partial charge >= 0.3 is 0 Å². The van der Waals surface area contributed by atoms with E-state index in [0.717, 1.165) is 16.4 Å². The number of hydrogen-bond acceptors (Lipinski definition) is 5. The fourth-order valence-electron chi connectivity index (χ4n) is 3.01. The SMILES string of the molecule is CCN(CC(=O)Nc1cc(Cl)ccc1Oc1ccccc1)S(=O)(=O)c1cc(F)ccc1OC. The van der Waals surface area contributed by atoms with Gasteiger partial charge in [0.1, 0.15) is 22.2 Å². The van der Waals surface area contributed by atoms with Crippen molar-refractivity contribution in [3.05, 3.63) is 77.6 Å². The lowest BCUT2D eigenvalue weighted by Gasteiger charge is -2.21. The summed E-state index contributed by atoms with van der Waals surface area (Å²) in [7, 11) is -2.94. The molecule has 0 radical (unpaired) electrons. The van der Waals surface area contributed by atoms with Crippen LogP contribution in [0.15, 0.2) is 71.6 Å². The molecule has 0 aliphatic carbocycles. The molecule has 0 saturated heterocycles. The number of ether oxygens (including phenoxy) is 2. The number of nitrogens with one attached hydrogen (secondary N) is 1. The Kier molecular flexibility index (Phi) is 7.91. The van der Waals surface area contributed by atoms with E-state index in [4.69, 9.17) is 21.1 Å². The van der Waals surface area contributed by atoms with Crippen LogP contribution in [0.3, 0.4) is 0 Å². The summed E-state index contributed by atoms with van der Waals surface area (Å²) in [5, 5.41) is 3.00. The zero-order chi connectivity index (χ0) is 24.0. The highest BCUT2D eigenvalue weighted by atomic mass is 35.5. The third-order valence-corrected chi connectivity index (χ3v) is 6.78. The molecule has 0 spiro atoms. The summed E-state index contributed by atoms with van der Waals surface area (Å²) in [5.74, 6) is -0.515. The molecule has 1 N–H and O–H groups in total. The van der Waals surface area contributed by atoms with Gasteiger partial charge in [0, 0.05) is 11.6 Å². The van der Waals surface area contributed by atoms with E-state index in [1.54, 1.807) is 43.3 Å². The van der Waals surface area contributed by atoms with Gasteiger partial charge in [-0.2, -0.15) is 4.31 Å². The van der Waals surface area contributed by atoms with E-state index in [-0.39, 0.29) is 22.9 Å². The summed E-state index contributed by atoms with van der Waals surface area (Å²) >= 11 is 6.07. The number of amides is 1. The van der Waals surface area contributed by atoms with Crippen LogP contribution >= 0.6 is 11.6 Å². The molecule has 0 atom stereocenters. The normalized spacial score (nSPS) is 11.3. The Hall–Kier alpha value is -3.14. The zero-order valence-corrected chi connectivity index (χ0v) is 19.5. The Morgan fingerprint density at radius 1 is 1.06 bits per heavy atom. The van der Waals surface area contributed by atoms with Crippen LogP contribution in [0.2, 0.25) is 5.02 Å². The summed E-state index contributed by atoms with van der Waals surface area (Å²) in [6.45, 7) is 1.02. The smallest absolute Gasteiger partial charge is 0.247 e. The summed E-state index contributed by atoms with van der Waals surface area (Å²) < 4.78 is 51.7. The summed E-state index contributed by atoms with van der Waals surface area (Å²) in [6, 6.07) is 16.8. The van der Waals surface area contributed by atoms with Crippen molar-refractivity contribution < 1.29 is 27.1 Å². The number of sulfonamides is 1. The maximum absolute atomic E-state index is 13.7. The second kappa shape index (κ2) is 10.7. The summed E-state index contributed by atoms with van der Waals surface area (Å²) in [4.78, 5) is 12.4. The van der Waals surface area contributed by atoms with Gasteiger partial charge in [-0.1, -0.05) is 36.7 Å². The van der Waals surface area contributed by atoms with E-state index in [1.807, 2.05) is 6.07 Å². The number of rotatable bonds is 9. The van der Waals surface area contributed by atoms with Crippen LogP contribution in [0, 0.1) is 5.82 Å². The van der Waals surface area contributed by atoms with Crippen LogP contribution in [0.4, 0.5) is 10.1 Å². The Labute approximate surface area is 196 Å². The summed E-state index contributed by atoms with van der Waals surface area (Å²) in [5.41, 5.74) is 0.271. The largest absolute Gasteiger partial charge is 0.495 e. The molecule has 0 unspecified atom stereocenters. The van der Waals surface area contributed by atoms with Gasteiger partial charge in [-0.25, -0.2) is 12.8 Å². The molecule has 0 aliphatic rings. The minimum atomic E-state index is -4.22. The van der Waals surface area contributed by atoms with Gasteiger partial charge < -0.3 is 14.8 Å². The Bertz CT molecular complexity index is 1240. The third kappa shape index (κ3) is 6.01. The van der Waals surface area contributed by atoms with Crippen molar-refractivity contribution in [1.82, 2.24) is 4.31 Å². The van der Waals surface area contributed by atoms with Crippen molar-refractivity contribution in [2.24, 2.45) is 0 Å². The second-order valence-electron chi connectivity index (χ2n) is 6.83. The molecule has 3 aromatic carbocycles. The molecule has 1 amide bonds. The first kappa shape index (κ1) is 24.5. The first-order chi connectivity index (χ1) is 15.7. The number of anilines is 1. The minimum Gasteiger partial charge on any atom is -0.495 e. The molecule has 0 aliphatic heterocycles. The standard InChI is InChI=1S/C23H22ClFN2O5S/c1-3-27(33(29,30)22-14-17(25)10-12-21(22)31-2)15-23(28)26-19-13-16(24)9-11-20(19)32-18-7-5-4-6-8-18/h4-14H,3,15H2,1-2H3,(H,26,28). The van der Waals surface area contributed by atoms with Crippen molar-refractivity contribution in [3.63, 3.8) is 0 Å². The maximum atomic E-state index is 13.7. The Balaban J connectivity index is 1.82. The number of para-hydroxylation sites is 1. The minimum absolute atomic E-state index is 0.0244. The van der Waals surface area contributed by atoms with Gasteiger partial charge in [-0.15, -0.1) is 0 Å². The lowest BCUT2D eigenvalue weighted by molar-refractivity contribution is -0.116.